The monoisotopic (exact) mass is 150 g/mol. The number of hydrogen-bond acceptors (Lipinski definition) is 0. The zero-order valence-electron chi connectivity index (χ0n) is 2.76. The third-order valence-corrected chi connectivity index (χ3v) is 1.73. The summed E-state index contributed by atoms with van der Waals surface area (Å²) in [7, 11) is 5.90. The molecule has 0 rings (SSSR count). The van der Waals surface area contributed by atoms with Gasteiger partial charge in [-0.15, -0.1) is 0 Å². The second-order valence-electron chi connectivity index (χ2n) is 0.628. The second-order valence-corrected chi connectivity index (χ2v) is 3.02. The molecular formula is C2Cl2Si2. The zero-order valence-corrected chi connectivity index (χ0v) is 6.27. The molecule has 0 aliphatic rings. The number of hydrogen-bond donors (Lipinski definition) is 0. The summed E-state index contributed by atoms with van der Waals surface area (Å²) in [5, 5.41) is 0. The van der Waals surface area contributed by atoms with Crippen molar-refractivity contribution >= 4 is 43.7 Å². The van der Waals surface area contributed by atoms with Gasteiger partial charge >= 0.3 is 0 Å². The summed E-state index contributed by atoms with van der Waals surface area (Å²) < 4.78 is 0.765. The van der Waals surface area contributed by atoms with E-state index in [4.69, 9.17) is 23.2 Å². The molecule has 0 saturated carbocycles. The molecule has 0 unspecified atom stereocenters. The van der Waals surface area contributed by atoms with Gasteiger partial charge in [-0.1, -0.05) is 23.2 Å². The average Bonchev–Trinajstić information content (AvgIpc) is 1.36. The molecule has 0 aliphatic carbocycles. The highest BCUT2D eigenvalue weighted by molar-refractivity contribution is 6.64. The van der Waals surface area contributed by atoms with Gasteiger partial charge in [0.15, 0.2) is 0 Å². The predicted octanol–water partition coefficient (Wildman–Crippen LogP) is 0.928. The van der Waals surface area contributed by atoms with Crippen LogP contribution in [0.2, 0.25) is 0 Å². The first-order valence-electron chi connectivity index (χ1n) is 1.13. The molecule has 6 heavy (non-hydrogen) atoms. The standard InChI is InChI=1S/C2Cl2Si2/c3-1(5)2(4)6/b2-1+. The molecule has 0 nitrogen and oxygen atoms in total. The lowest BCUT2D eigenvalue weighted by atomic mass is 11.2. The summed E-state index contributed by atoms with van der Waals surface area (Å²) in [5.41, 5.74) is 0. The highest BCUT2D eigenvalue weighted by Crippen LogP contribution is 2.03. The molecule has 0 aliphatic heterocycles. The van der Waals surface area contributed by atoms with Gasteiger partial charge in [-0.25, -0.2) is 0 Å². The molecule has 0 atom stereocenters. The van der Waals surface area contributed by atoms with Crippen LogP contribution in [0.3, 0.4) is 0 Å². The van der Waals surface area contributed by atoms with Crippen molar-refractivity contribution in [1.82, 2.24) is 0 Å². The van der Waals surface area contributed by atoms with Gasteiger partial charge in [0, 0.05) is 9.31 Å². The minimum absolute atomic E-state index is 0.383. The van der Waals surface area contributed by atoms with Crippen molar-refractivity contribution in [3.63, 3.8) is 0 Å². The Bertz CT molecular complexity index is 59.6. The maximum absolute atomic E-state index is 5.23. The molecule has 0 spiro atoms. The Morgan fingerprint density at radius 3 is 1.17 bits per heavy atom. The van der Waals surface area contributed by atoms with Crippen LogP contribution in [0, 0.1) is 0 Å². The smallest absolute Gasteiger partial charge is 0.0895 e. The van der Waals surface area contributed by atoms with Crippen molar-refractivity contribution in [3.8, 4) is 0 Å². The highest BCUT2D eigenvalue weighted by Gasteiger charge is 1.82. The molecule has 6 radical (unpaired) electrons. The van der Waals surface area contributed by atoms with E-state index in [-0.39, 0.29) is 0 Å². The maximum atomic E-state index is 5.23. The number of halogens is 2. The van der Waals surface area contributed by atoms with Crippen LogP contribution < -0.4 is 0 Å². The Balaban J connectivity index is 3.68. The van der Waals surface area contributed by atoms with Crippen LogP contribution in [0.25, 0.3) is 0 Å². The Morgan fingerprint density at radius 2 is 1.17 bits per heavy atom. The molecule has 0 bridgehead atoms. The van der Waals surface area contributed by atoms with Gasteiger partial charge in [-0.05, 0) is 0 Å². The van der Waals surface area contributed by atoms with Gasteiger partial charge in [0.25, 0.3) is 0 Å². The topological polar surface area (TPSA) is 0 Å². The third kappa shape index (κ3) is 2.96. The molecule has 0 heterocycles. The van der Waals surface area contributed by atoms with Crippen molar-refractivity contribution in [2.75, 3.05) is 0 Å². The predicted molar refractivity (Wildman–Crippen MR) is 30.2 cm³/mol. The minimum atomic E-state index is 0.383. The van der Waals surface area contributed by atoms with E-state index >= 15 is 0 Å². The first-order valence-corrected chi connectivity index (χ1v) is 2.88. The highest BCUT2D eigenvalue weighted by atomic mass is 35.5. The van der Waals surface area contributed by atoms with Crippen LogP contribution >= 0.6 is 23.2 Å². The molecule has 0 aromatic rings. The molecule has 0 aromatic heterocycles. The van der Waals surface area contributed by atoms with Crippen LogP contribution in [0.4, 0.5) is 0 Å². The molecular weight excluding hydrogens is 151 g/mol. The van der Waals surface area contributed by atoms with E-state index in [1.54, 1.807) is 0 Å². The van der Waals surface area contributed by atoms with Crippen LogP contribution in [-0.4, -0.2) is 20.5 Å². The summed E-state index contributed by atoms with van der Waals surface area (Å²) >= 11 is 10.5. The Morgan fingerprint density at radius 1 is 1.00 bits per heavy atom. The molecule has 0 aromatic carbocycles. The lowest BCUT2D eigenvalue weighted by Gasteiger charge is -1.81. The van der Waals surface area contributed by atoms with Gasteiger partial charge in [0.05, 0.1) is 20.5 Å². The number of rotatable bonds is 0. The largest absolute Gasteiger partial charge is 0.0944 e. The van der Waals surface area contributed by atoms with E-state index in [0.717, 1.165) is 0 Å². The lowest BCUT2D eigenvalue weighted by molar-refractivity contribution is 2.24. The molecule has 30 valence electrons. The zero-order chi connectivity index (χ0) is 5.15. The van der Waals surface area contributed by atoms with Crippen LogP contribution in [0.5, 0.6) is 0 Å². The summed E-state index contributed by atoms with van der Waals surface area (Å²) in [6.07, 6.45) is 0. The van der Waals surface area contributed by atoms with Gasteiger partial charge in [-0.3, -0.25) is 0 Å². The fourth-order valence-corrected chi connectivity index (χ4v) is 0. The molecule has 0 fully saturated rings. The van der Waals surface area contributed by atoms with E-state index in [1.165, 1.54) is 0 Å². The van der Waals surface area contributed by atoms with Gasteiger partial charge in [0.2, 0.25) is 0 Å². The SMILES string of the molecule is [Si]/C(Cl)=C(/[Si])Cl. The summed E-state index contributed by atoms with van der Waals surface area (Å²) in [6.45, 7) is 0. The first kappa shape index (κ1) is 6.75. The molecule has 4 heteroatoms. The van der Waals surface area contributed by atoms with Gasteiger partial charge in [-0.2, -0.15) is 0 Å². The Labute approximate surface area is 53.4 Å². The van der Waals surface area contributed by atoms with Crippen molar-refractivity contribution in [3.05, 3.63) is 9.31 Å². The molecule has 0 N–H and O–H groups in total. The fourth-order valence-electron chi connectivity index (χ4n) is 0. The normalized spacial score (nSPS) is 14.0. The second kappa shape index (κ2) is 2.85. The molecule has 0 amide bonds. The first-order chi connectivity index (χ1) is 2.64. The van der Waals surface area contributed by atoms with Gasteiger partial charge < -0.3 is 0 Å². The summed E-state index contributed by atoms with van der Waals surface area (Å²) in [5.74, 6) is 0. The maximum Gasteiger partial charge on any atom is 0.0895 e. The van der Waals surface area contributed by atoms with Crippen molar-refractivity contribution in [1.29, 1.82) is 0 Å². The van der Waals surface area contributed by atoms with E-state index in [2.05, 4.69) is 20.5 Å². The Kier molecular flexibility index (Phi) is 3.21. The lowest BCUT2D eigenvalue weighted by Crippen LogP contribution is -1.72. The van der Waals surface area contributed by atoms with E-state index in [9.17, 15) is 0 Å². The van der Waals surface area contributed by atoms with Crippen molar-refractivity contribution in [2.24, 2.45) is 0 Å². The van der Waals surface area contributed by atoms with E-state index in [1.807, 2.05) is 0 Å². The van der Waals surface area contributed by atoms with Crippen LogP contribution in [0.15, 0.2) is 9.31 Å². The fraction of sp³-hybridized carbons (Fsp3) is 0. The quantitative estimate of drug-likeness (QED) is 0.452. The minimum Gasteiger partial charge on any atom is -0.0944 e. The van der Waals surface area contributed by atoms with E-state index < -0.39 is 0 Å². The average molecular weight is 151 g/mol. The van der Waals surface area contributed by atoms with Crippen LogP contribution in [-0.2, 0) is 0 Å². The summed E-state index contributed by atoms with van der Waals surface area (Å²) in [6, 6.07) is 0. The third-order valence-electron chi connectivity index (χ3n) is 0.193. The van der Waals surface area contributed by atoms with Crippen molar-refractivity contribution < 1.29 is 0 Å². The van der Waals surface area contributed by atoms with Crippen molar-refractivity contribution in [2.45, 2.75) is 0 Å². The molecule has 0 saturated heterocycles. The van der Waals surface area contributed by atoms with Crippen LogP contribution in [0.1, 0.15) is 0 Å². The summed E-state index contributed by atoms with van der Waals surface area (Å²) in [4.78, 5) is 0. The van der Waals surface area contributed by atoms with Gasteiger partial charge in [0.1, 0.15) is 0 Å². The Hall–Kier alpha value is 0.754. The van der Waals surface area contributed by atoms with E-state index in [0.29, 0.717) is 9.31 Å².